The standard InChI is InChI=1S/C9H19NO2/c1-4-10-7(2)8(3)12-9-5-11-6-9/h7-10H,4-6H2,1-3H3. The number of hydrogen-bond acceptors (Lipinski definition) is 3. The molecule has 1 aliphatic rings. The smallest absolute Gasteiger partial charge is 0.105 e. The number of nitrogens with one attached hydrogen (secondary N) is 1. The summed E-state index contributed by atoms with van der Waals surface area (Å²) in [5.41, 5.74) is 0. The van der Waals surface area contributed by atoms with Gasteiger partial charge in [-0.15, -0.1) is 0 Å². The Morgan fingerprint density at radius 1 is 1.50 bits per heavy atom. The Morgan fingerprint density at radius 3 is 2.58 bits per heavy atom. The molecule has 0 aromatic rings. The second-order valence-corrected chi connectivity index (χ2v) is 3.35. The van der Waals surface area contributed by atoms with Crippen LogP contribution in [0.2, 0.25) is 0 Å². The number of likely N-dealkylation sites (N-methyl/N-ethyl adjacent to an activating group) is 1. The van der Waals surface area contributed by atoms with Crippen LogP contribution in [0.25, 0.3) is 0 Å². The molecular weight excluding hydrogens is 154 g/mol. The van der Waals surface area contributed by atoms with Gasteiger partial charge in [-0.05, 0) is 20.4 Å². The lowest BCUT2D eigenvalue weighted by Crippen LogP contribution is -2.44. The van der Waals surface area contributed by atoms with E-state index in [0.29, 0.717) is 12.1 Å². The first kappa shape index (κ1) is 9.96. The molecule has 0 aliphatic carbocycles. The van der Waals surface area contributed by atoms with Gasteiger partial charge in [0, 0.05) is 6.04 Å². The lowest BCUT2D eigenvalue weighted by molar-refractivity contribution is -0.155. The summed E-state index contributed by atoms with van der Waals surface area (Å²) < 4.78 is 10.7. The van der Waals surface area contributed by atoms with E-state index in [1.54, 1.807) is 0 Å². The van der Waals surface area contributed by atoms with Gasteiger partial charge in [0.1, 0.15) is 6.10 Å². The summed E-state index contributed by atoms with van der Waals surface area (Å²) >= 11 is 0. The Balaban J connectivity index is 2.12. The van der Waals surface area contributed by atoms with Gasteiger partial charge in [0.15, 0.2) is 0 Å². The van der Waals surface area contributed by atoms with Crippen molar-refractivity contribution in [1.82, 2.24) is 5.32 Å². The van der Waals surface area contributed by atoms with Crippen molar-refractivity contribution in [3.05, 3.63) is 0 Å². The van der Waals surface area contributed by atoms with Crippen LogP contribution in [0.5, 0.6) is 0 Å². The third-order valence-electron chi connectivity index (χ3n) is 2.24. The number of rotatable bonds is 5. The normalized spacial score (nSPS) is 23.2. The summed E-state index contributed by atoms with van der Waals surface area (Å²) in [6.45, 7) is 8.89. The van der Waals surface area contributed by atoms with Crippen LogP contribution in [-0.4, -0.2) is 38.0 Å². The maximum Gasteiger partial charge on any atom is 0.105 e. The topological polar surface area (TPSA) is 30.5 Å². The minimum Gasteiger partial charge on any atom is -0.376 e. The zero-order valence-corrected chi connectivity index (χ0v) is 8.17. The van der Waals surface area contributed by atoms with Crippen LogP contribution in [-0.2, 0) is 9.47 Å². The quantitative estimate of drug-likeness (QED) is 0.666. The van der Waals surface area contributed by atoms with Crippen LogP contribution in [0.3, 0.4) is 0 Å². The lowest BCUT2D eigenvalue weighted by Gasteiger charge is -2.31. The first-order chi connectivity index (χ1) is 5.74. The maximum absolute atomic E-state index is 5.71. The van der Waals surface area contributed by atoms with Crippen LogP contribution >= 0.6 is 0 Å². The van der Waals surface area contributed by atoms with Crippen molar-refractivity contribution < 1.29 is 9.47 Å². The monoisotopic (exact) mass is 173 g/mol. The van der Waals surface area contributed by atoms with Crippen molar-refractivity contribution >= 4 is 0 Å². The van der Waals surface area contributed by atoms with Gasteiger partial charge in [-0.2, -0.15) is 0 Å². The molecule has 1 N–H and O–H groups in total. The molecule has 12 heavy (non-hydrogen) atoms. The SMILES string of the molecule is CCNC(C)C(C)OC1COC1. The highest BCUT2D eigenvalue weighted by Gasteiger charge is 2.23. The van der Waals surface area contributed by atoms with E-state index >= 15 is 0 Å². The summed E-state index contributed by atoms with van der Waals surface area (Å²) in [6, 6.07) is 0.426. The Hall–Kier alpha value is -0.120. The molecule has 0 spiro atoms. The predicted molar refractivity (Wildman–Crippen MR) is 48.3 cm³/mol. The van der Waals surface area contributed by atoms with Gasteiger partial charge < -0.3 is 14.8 Å². The number of ether oxygens (including phenoxy) is 2. The van der Waals surface area contributed by atoms with Gasteiger partial charge >= 0.3 is 0 Å². The van der Waals surface area contributed by atoms with E-state index in [-0.39, 0.29) is 6.10 Å². The highest BCUT2D eigenvalue weighted by atomic mass is 16.6. The minimum absolute atomic E-state index is 0.277. The van der Waals surface area contributed by atoms with Crippen molar-refractivity contribution in [3.8, 4) is 0 Å². The average Bonchev–Trinajstić information content (AvgIpc) is 1.97. The van der Waals surface area contributed by atoms with E-state index in [1.807, 2.05) is 0 Å². The molecule has 1 aliphatic heterocycles. The molecule has 1 saturated heterocycles. The second-order valence-electron chi connectivity index (χ2n) is 3.35. The molecule has 0 saturated carbocycles. The van der Waals surface area contributed by atoms with E-state index in [4.69, 9.17) is 9.47 Å². The summed E-state index contributed by atoms with van der Waals surface area (Å²) in [4.78, 5) is 0. The highest BCUT2D eigenvalue weighted by molar-refractivity contribution is 4.72. The van der Waals surface area contributed by atoms with Crippen LogP contribution in [0.4, 0.5) is 0 Å². The zero-order valence-electron chi connectivity index (χ0n) is 8.17. The zero-order chi connectivity index (χ0) is 8.97. The lowest BCUT2D eigenvalue weighted by atomic mass is 10.2. The molecule has 0 aromatic heterocycles. The molecule has 0 amide bonds. The number of hydrogen-bond donors (Lipinski definition) is 1. The molecule has 1 fully saturated rings. The molecule has 3 heteroatoms. The van der Waals surface area contributed by atoms with Crippen LogP contribution < -0.4 is 5.32 Å². The molecule has 72 valence electrons. The van der Waals surface area contributed by atoms with Crippen LogP contribution in [0.1, 0.15) is 20.8 Å². The van der Waals surface area contributed by atoms with E-state index in [9.17, 15) is 0 Å². The third-order valence-corrected chi connectivity index (χ3v) is 2.24. The summed E-state index contributed by atoms with van der Waals surface area (Å²) in [5.74, 6) is 0. The second kappa shape index (κ2) is 4.80. The van der Waals surface area contributed by atoms with E-state index < -0.39 is 0 Å². The van der Waals surface area contributed by atoms with Crippen LogP contribution in [0, 0.1) is 0 Å². The van der Waals surface area contributed by atoms with Crippen molar-refractivity contribution in [2.24, 2.45) is 0 Å². The first-order valence-electron chi connectivity index (χ1n) is 4.70. The van der Waals surface area contributed by atoms with Gasteiger partial charge in [0.05, 0.1) is 19.3 Å². The third kappa shape index (κ3) is 2.73. The van der Waals surface area contributed by atoms with Gasteiger partial charge in [-0.3, -0.25) is 0 Å². The Bertz CT molecular complexity index is 126. The highest BCUT2D eigenvalue weighted by Crippen LogP contribution is 2.10. The summed E-state index contributed by atoms with van der Waals surface area (Å²) in [5, 5.41) is 3.33. The Labute approximate surface area is 74.4 Å². The average molecular weight is 173 g/mol. The van der Waals surface area contributed by atoms with Crippen molar-refractivity contribution in [1.29, 1.82) is 0 Å². The van der Waals surface area contributed by atoms with E-state index in [1.165, 1.54) is 0 Å². The Morgan fingerprint density at radius 2 is 2.17 bits per heavy atom. The van der Waals surface area contributed by atoms with Gasteiger partial charge in [-0.25, -0.2) is 0 Å². The summed E-state index contributed by atoms with van der Waals surface area (Å²) in [6.07, 6.45) is 0.611. The van der Waals surface area contributed by atoms with Crippen LogP contribution in [0.15, 0.2) is 0 Å². The van der Waals surface area contributed by atoms with E-state index in [2.05, 4.69) is 26.1 Å². The largest absolute Gasteiger partial charge is 0.376 e. The predicted octanol–water partition coefficient (Wildman–Crippen LogP) is 0.788. The molecule has 2 unspecified atom stereocenters. The molecule has 0 aromatic carbocycles. The molecule has 1 heterocycles. The molecule has 0 bridgehead atoms. The van der Waals surface area contributed by atoms with Gasteiger partial charge in [0.2, 0.25) is 0 Å². The fourth-order valence-corrected chi connectivity index (χ4v) is 1.20. The molecule has 1 rings (SSSR count). The maximum atomic E-state index is 5.71. The first-order valence-corrected chi connectivity index (χ1v) is 4.70. The molecule has 2 atom stereocenters. The van der Waals surface area contributed by atoms with Crippen molar-refractivity contribution in [2.75, 3.05) is 19.8 Å². The fourth-order valence-electron chi connectivity index (χ4n) is 1.20. The fraction of sp³-hybridized carbons (Fsp3) is 1.00. The van der Waals surface area contributed by atoms with Crippen molar-refractivity contribution in [3.63, 3.8) is 0 Å². The molecule has 0 radical (unpaired) electrons. The van der Waals surface area contributed by atoms with Gasteiger partial charge in [-0.1, -0.05) is 6.92 Å². The van der Waals surface area contributed by atoms with E-state index in [0.717, 1.165) is 19.8 Å². The van der Waals surface area contributed by atoms with Crippen molar-refractivity contribution in [2.45, 2.75) is 39.0 Å². The summed E-state index contributed by atoms with van der Waals surface area (Å²) in [7, 11) is 0. The molecule has 3 nitrogen and oxygen atoms in total. The minimum atomic E-state index is 0.277. The Kier molecular flexibility index (Phi) is 3.98. The van der Waals surface area contributed by atoms with Gasteiger partial charge in [0.25, 0.3) is 0 Å². The molecular formula is C9H19NO2.